The average Bonchev–Trinajstić information content (AvgIpc) is 2.59. The van der Waals surface area contributed by atoms with Gasteiger partial charge in [-0.25, -0.2) is 9.67 Å². The maximum absolute atomic E-state index is 4.26. The van der Waals surface area contributed by atoms with Crippen LogP contribution in [0.3, 0.4) is 0 Å². The van der Waals surface area contributed by atoms with Gasteiger partial charge in [0.1, 0.15) is 5.03 Å². The number of hydrogen-bond acceptors (Lipinski definition) is 5. The van der Waals surface area contributed by atoms with E-state index >= 15 is 0 Å². The number of hydrogen-bond donors (Lipinski definition) is 0. The van der Waals surface area contributed by atoms with Crippen LogP contribution in [0.4, 0.5) is 0 Å². The van der Waals surface area contributed by atoms with Gasteiger partial charge < -0.3 is 0 Å². The van der Waals surface area contributed by atoms with E-state index in [1.54, 1.807) is 17.9 Å². The zero-order chi connectivity index (χ0) is 10.8. The smallest absolute Gasteiger partial charge is 0.215 e. The Hall–Kier alpha value is -0.950. The molecule has 0 saturated heterocycles. The van der Waals surface area contributed by atoms with E-state index in [1.807, 2.05) is 13.0 Å². The summed E-state index contributed by atoms with van der Waals surface area (Å²) in [5.74, 6) is 0. The van der Waals surface area contributed by atoms with Crippen LogP contribution in [0.5, 0.6) is 0 Å². The first kappa shape index (κ1) is 10.6. The van der Waals surface area contributed by atoms with E-state index < -0.39 is 0 Å². The summed E-state index contributed by atoms with van der Waals surface area (Å²) >= 11 is 4.84. The van der Waals surface area contributed by atoms with Crippen LogP contribution in [0.1, 0.15) is 5.56 Å². The van der Waals surface area contributed by atoms with E-state index in [-0.39, 0.29) is 0 Å². The van der Waals surface area contributed by atoms with Crippen molar-refractivity contribution in [3.05, 3.63) is 22.3 Å². The molecule has 78 valence electrons. The lowest BCUT2D eigenvalue weighted by molar-refractivity contribution is 0.664. The highest BCUT2D eigenvalue weighted by atomic mass is 79.9. The van der Waals surface area contributed by atoms with Gasteiger partial charge in [0.25, 0.3) is 0 Å². The fourth-order valence-corrected chi connectivity index (χ4v) is 1.96. The maximum atomic E-state index is 4.26. The van der Waals surface area contributed by atoms with E-state index in [4.69, 9.17) is 0 Å². The Morgan fingerprint density at radius 3 is 2.87 bits per heavy atom. The predicted molar refractivity (Wildman–Crippen MR) is 59.6 cm³/mol. The van der Waals surface area contributed by atoms with Crippen LogP contribution in [0.25, 0.3) is 0 Å². The number of tetrazole rings is 1. The van der Waals surface area contributed by atoms with Crippen molar-refractivity contribution in [1.82, 2.24) is 25.2 Å². The summed E-state index contributed by atoms with van der Waals surface area (Å²) < 4.78 is 2.62. The normalized spacial score (nSPS) is 10.6. The highest BCUT2D eigenvalue weighted by Crippen LogP contribution is 2.25. The molecule has 0 radical (unpaired) electrons. The second-order valence-corrected chi connectivity index (χ2v) is 4.80. The third-order valence-electron chi connectivity index (χ3n) is 1.80. The summed E-state index contributed by atoms with van der Waals surface area (Å²) in [4.78, 5) is 4.26. The topological polar surface area (TPSA) is 56.5 Å². The van der Waals surface area contributed by atoms with E-state index in [9.17, 15) is 0 Å². The van der Waals surface area contributed by atoms with Crippen molar-refractivity contribution in [2.45, 2.75) is 17.1 Å². The lowest BCUT2D eigenvalue weighted by atomic mass is 10.3. The Kier molecular flexibility index (Phi) is 3.01. The number of pyridine rings is 1. The van der Waals surface area contributed by atoms with Crippen LogP contribution in [0.2, 0.25) is 0 Å². The van der Waals surface area contributed by atoms with Crippen molar-refractivity contribution in [1.29, 1.82) is 0 Å². The third kappa shape index (κ3) is 2.35. The molecule has 0 aliphatic rings. The first-order valence-electron chi connectivity index (χ1n) is 4.19. The lowest BCUT2D eigenvalue weighted by Gasteiger charge is -2.01. The van der Waals surface area contributed by atoms with E-state index in [2.05, 4.69) is 36.4 Å². The van der Waals surface area contributed by atoms with Gasteiger partial charge in [-0.15, -0.1) is 5.10 Å². The highest BCUT2D eigenvalue weighted by Gasteiger charge is 2.06. The highest BCUT2D eigenvalue weighted by molar-refractivity contribution is 9.10. The summed E-state index contributed by atoms with van der Waals surface area (Å²) in [6.07, 6.45) is 1.78. The molecule has 5 nitrogen and oxygen atoms in total. The van der Waals surface area contributed by atoms with Gasteiger partial charge in [-0.3, -0.25) is 0 Å². The summed E-state index contributed by atoms with van der Waals surface area (Å²) in [6.45, 7) is 2.02. The van der Waals surface area contributed by atoms with Gasteiger partial charge in [0, 0.05) is 17.7 Å². The summed E-state index contributed by atoms with van der Waals surface area (Å²) in [6, 6.07) is 1.99. The summed E-state index contributed by atoms with van der Waals surface area (Å²) in [5, 5.41) is 12.8. The van der Waals surface area contributed by atoms with Gasteiger partial charge in [0.2, 0.25) is 5.16 Å². The second kappa shape index (κ2) is 4.28. The molecule has 0 atom stereocenters. The van der Waals surface area contributed by atoms with Gasteiger partial charge in [0.15, 0.2) is 0 Å². The van der Waals surface area contributed by atoms with E-state index in [0.717, 1.165) is 20.2 Å². The van der Waals surface area contributed by atoms with Crippen molar-refractivity contribution < 1.29 is 0 Å². The number of halogens is 1. The molecule has 0 unspecified atom stereocenters. The minimum atomic E-state index is 0.726. The molecule has 0 N–H and O–H groups in total. The molecule has 0 aliphatic heterocycles. The molecule has 2 heterocycles. The largest absolute Gasteiger partial charge is 0.248 e. The van der Waals surface area contributed by atoms with Gasteiger partial charge >= 0.3 is 0 Å². The molecule has 0 bridgehead atoms. The van der Waals surface area contributed by atoms with Crippen molar-refractivity contribution in [3.8, 4) is 0 Å². The van der Waals surface area contributed by atoms with E-state index in [1.165, 1.54) is 11.8 Å². The first-order chi connectivity index (χ1) is 7.16. The molecule has 2 aromatic rings. The fourth-order valence-electron chi connectivity index (χ4n) is 0.971. The molecule has 15 heavy (non-hydrogen) atoms. The zero-order valence-electron chi connectivity index (χ0n) is 8.18. The first-order valence-corrected chi connectivity index (χ1v) is 5.80. The fraction of sp³-hybridized carbons (Fsp3) is 0.250. The van der Waals surface area contributed by atoms with Crippen LogP contribution in [0, 0.1) is 6.92 Å². The SMILES string of the molecule is Cc1cc(Sc2nnnn2C)ncc1Br. The molecule has 0 fully saturated rings. The molecule has 0 amide bonds. The van der Waals surface area contributed by atoms with Crippen LogP contribution in [0.15, 0.2) is 26.9 Å². The zero-order valence-corrected chi connectivity index (χ0v) is 10.6. The molecule has 7 heteroatoms. The Labute approximate surface area is 99.4 Å². The minimum Gasteiger partial charge on any atom is -0.248 e. The van der Waals surface area contributed by atoms with Gasteiger partial charge in [-0.1, -0.05) is 0 Å². The number of nitrogens with zero attached hydrogens (tertiary/aromatic N) is 5. The summed E-state index contributed by atoms with van der Waals surface area (Å²) in [5.41, 5.74) is 1.14. The van der Waals surface area contributed by atoms with Crippen molar-refractivity contribution in [2.75, 3.05) is 0 Å². The molecule has 0 saturated carbocycles. The summed E-state index contributed by atoms with van der Waals surface area (Å²) in [7, 11) is 1.80. The minimum absolute atomic E-state index is 0.726. The van der Waals surface area contributed by atoms with Crippen molar-refractivity contribution >= 4 is 27.7 Å². The molecular formula is C8H8BrN5S. The van der Waals surface area contributed by atoms with Gasteiger partial charge in [0.05, 0.1) is 0 Å². The van der Waals surface area contributed by atoms with Crippen LogP contribution in [-0.4, -0.2) is 25.2 Å². The lowest BCUT2D eigenvalue weighted by Crippen LogP contribution is -1.93. The molecule has 0 aliphatic carbocycles. The number of aromatic nitrogens is 5. The van der Waals surface area contributed by atoms with Crippen molar-refractivity contribution in [3.63, 3.8) is 0 Å². The Balaban J connectivity index is 2.25. The number of aryl methyl sites for hydroxylation is 2. The quantitative estimate of drug-likeness (QED) is 0.843. The molecule has 2 rings (SSSR count). The molecular weight excluding hydrogens is 278 g/mol. The predicted octanol–water partition coefficient (Wildman–Crippen LogP) is 1.83. The van der Waals surface area contributed by atoms with Crippen LogP contribution >= 0.6 is 27.7 Å². The van der Waals surface area contributed by atoms with E-state index in [0.29, 0.717) is 0 Å². The Morgan fingerprint density at radius 1 is 1.47 bits per heavy atom. The third-order valence-corrected chi connectivity index (χ3v) is 3.59. The number of rotatable bonds is 2. The Morgan fingerprint density at radius 2 is 2.27 bits per heavy atom. The van der Waals surface area contributed by atoms with Crippen molar-refractivity contribution in [2.24, 2.45) is 7.05 Å². The maximum Gasteiger partial charge on any atom is 0.215 e. The van der Waals surface area contributed by atoms with Gasteiger partial charge in [-0.05, 0) is 56.7 Å². The molecule has 2 aromatic heterocycles. The molecule has 0 aromatic carbocycles. The van der Waals surface area contributed by atoms with Crippen LogP contribution in [-0.2, 0) is 7.05 Å². The standard InChI is InChI=1S/C8H8BrN5S/c1-5-3-7(10-4-6(5)9)15-8-11-12-13-14(8)2/h3-4H,1-2H3. The second-order valence-electron chi connectivity index (χ2n) is 2.96. The molecule has 0 spiro atoms. The average molecular weight is 286 g/mol. The van der Waals surface area contributed by atoms with Crippen LogP contribution < -0.4 is 0 Å². The monoisotopic (exact) mass is 285 g/mol. The van der Waals surface area contributed by atoms with Gasteiger partial charge in [-0.2, -0.15) is 0 Å². The Bertz CT molecular complexity index is 484.